The quantitative estimate of drug-likeness (QED) is 0.891. The van der Waals surface area contributed by atoms with E-state index in [1.165, 1.54) is 28.7 Å². The third-order valence-electron chi connectivity index (χ3n) is 5.59. The summed E-state index contributed by atoms with van der Waals surface area (Å²) in [5.41, 5.74) is 3.69. The minimum atomic E-state index is 0.113. The average Bonchev–Trinajstić information content (AvgIpc) is 3.28. The lowest BCUT2D eigenvalue weighted by Gasteiger charge is -2.35. The van der Waals surface area contributed by atoms with Gasteiger partial charge in [-0.1, -0.05) is 30.2 Å². The molecule has 1 saturated carbocycles. The van der Waals surface area contributed by atoms with Crippen molar-refractivity contribution in [1.82, 2.24) is 15.2 Å². The number of rotatable bonds is 2. The summed E-state index contributed by atoms with van der Waals surface area (Å²) in [7, 11) is 0. The molecular formula is C19H26N4OS. The van der Waals surface area contributed by atoms with E-state index < -0.39 is 0 Å². The Balaban J connectivity index is 1.40. The van der Waals surface area contributed by atoms with Crippen LogP contribution in [0.4, 0.5) is 9.93 Å². The van der Waals surface area contributed by atoms with Crippen LogP contribution >= 0.6 is 11.3 Å². The van der Waals surface area contributed by atoms with Gasteiger partial charge in [0.15, 0.2) is 5.13 Å². The Hall–Kier alpha value is -1.82. The molecule has 2 aromatic rings. The van der Waals surface area contributed by atoms with Crippen LogP contribution in [0.5, 0.6) is 0 Å². The number of aryl methyl sites for hydroxylation is 2. The van der Waals surface area contributed by atoms with Crippen LogP contribution in [0.2, 0.25) is 0 Å². The van der Waals surface area contributed by atoms with E-state index in [0.29, 0.717) is 6.04 Å². The SMILES string of the molecule is Cc1ccc2sc(N3CCN(C(=O)NC4CCCC4)CC3)nc2c1C. The maximum atomic E-state index is 12.4. The van der Waals surface area contributed by atoms with Gasteiger partial charge in [0.25, 0.3) is 0 Å². The summed E-state index contributed by atoms with van der Waals surface area (Å²) in [6.45, 7) is 7.53. The number of amides is 2. The number of aromatic nitrogens is 1. The van der Waals surface area contributed by atoms with Gasteiger partial charge in [0.2, 0.25) is 0 Å². The van der Waals surface area contributed by atoms with E-state index >= 15 is 0 Å². The number of piperazine rings is 1. The summed E-state index contributed by atoms with van der Waals surface area (Å²) in [6.07, 6.45) is 4.76. The molecule has 1 N–H and O–H groups in total. The van der Waals surface area contributed by atoms with Crippen LogP contribution in [-0.2, 0) is 0 Å². The molecule has 0 radical (unpaired) electrons. The number of nitrogens with one attached hydrogen (secondary N) is 1. The molecule has 1 aromatic carbocycles. The zero-order valence-corrected chi connectivity index (χ0v) is 15.9. The molecule has 1 aliphatic carbocycles. The number of hydrogen-bond acceptors (Lipinski definition) is 4. The zero-order valence-electron chi connectivity index (χ0n) is 15.0. The first-order valence-electron chi connectivity index (χ1n) is 9.29. The number of carbonyl (C=O) groups is 1. The van der Waals surface area contributed by atoms with E-state index in [1.54, 1.807) is 11.3 Å². The Labute approximate surface area is 153 Å². The van der Waals surface area contributed by atoms with Crippen molar-refractivity contribution in [2.75, 3.05) is 31.1 Å². The highest BCUT2D eigenvalue weighted by molar-refractivity contribution is 7.22. The summed E-state index contributed by atoms with van der Waals surface area (Å²) in [5, 5.41) is 4.28. The van der Waals surface area contributed by atoms with E-state index in [9.17, 15) is 4.79 Å². The fourth-order valence-corrected chi connectivity index (χ4v) is 4.86. The van der Waals surface area contributed by atoms with Crippen molar-refractivity contribution in [3.05, 3.63) is 23.3 Å². The lowest BCUT2D eigenvalue weighted by Crippen LogP contribution is -2.53. The van der Waals surface area contributed by atoms with Gasteiger partial charge in [-0.3, -0.25) is 0 Å². The molecule has 4 rings (SSSR count). The molecule has 1 aliphatic heterocycles. The van der Waals surface area contributed by atoms with Gasteiger partial charge in [0, 0.05) is 32.2 Å². The van der Waals surface area contributed by atoms with E-state index in [0.717, 1.165) is 49.7 Å². The van der Waals surface area contributed by atoms with Crippen LogP contribution in [0.1, 0.15) is 36.8 Å². The third kappa shape index (κ3) is 3.32. The van der Waals surface area contributed by atoms with Crippen LogP contribution in [0.15, 0.2) is 12.1 Å². The largest absolute Gasteiger partial charge is 0.345 e. The molecule has 2 aliphatic rings. The molecule has 2 amide bonds. The zero-order chi connectivity index (χ0) is 17.4. The maximum absolute atomic E-state index is 12.4. The number of urea groups is 1. The lowest BCUT2D eigenvalue weighted by molar-refractivity contribution is 0.190. The highest BCUT2D eigenvalue weighted by Gasteiger charge is 2.25. The van der Waals surface area contributed by atoms with Gasteiger partial charge in [-0.15, -0.1) is 0 Å². The van der Waals surface area contributed by atoms with Gasteiger partial charge in [-0.05, 0) is 43.9 Å². The standard InChI is InChI=1S/C19H26N4OS/c1-13-7-8-16-17(14(13)2)21-19(25-16)23-11-9-22(10-12-23)18(24)20-15-5-3-4-6-15/h7-8,15H,3-6,9-12H2,1-2H3,(H,20,24). The van der Waals surface area contributed by atoms with Crippen molar-refractivity contribution in [2.24, 2.45) is 0 Å². The van der Waals surface area contributed by atoms with Crippen molar-refractivity contribution >= 4 is 32.7 Å². The molecule has 1 aromatic heterocycles. The van der Waals surface area contributed by atoms with Gasteiger partial charge in [-0.25, -0.2) is 9.78 Å². The van der Waals surface area contributed by atoms with Crippen molar-refractivity contribution in [2.45, 2.75) is 45.6 Å². The first-order chi connectivity index (χ1) is 12.1. The molecular weight excluding hydrogens is 332 g/mol. The molecule has 1 saturated heterocycles. The molecule has 0 bridgehead atoms. The summed E-state index contributed by atoms with van der Waals surface area (Å²) < 4.78 is 1.25. The van der Waals surface area contributed by atoms with Gasteiger partial charge >= 0.3 is 6.03 Å². The first kappa shape index (κ1) is 16.6. The average molecular weight is 359 g/mol. The Morgan fingerprint density at radius 1 is 1.16 bits per heavy atom. The number of thiazole rings is 1. The second-order valence-corrected chi connectivity index (χ2v) is 8.26. The molecule has 134 valence electrons. The smallest absolute Gasteiger partial charge is 0.317 e. The summed E-state index contributed by atoms with van der Waals surface area (Å²) in [5.74, 6) is 0. The number of hydrogen-bond donors (Lipinski definition) is 1. The van der Waals surface area contributed by atoms with Crippen molar-refractivity contribution in [1.29, 1.82) is 0 Å². The van der Waals surface area contributed by atoms with Crippen molar-refractivity contribution in [3.63, 3.8) is 0 Å². The number of fused-ring (bicyclic) bond motifs is 1. The Morgan fingerprint density at radius 2 is 1.88 bits per heavy atom. The Kier molecular flexibility index (Phi) is 4.54. The van der Waals surface area contributed by atoms with Crippen molar-refractivity contribution in [3.8, 4) is 0 Å². The van der Waals surface area contributed by atoms with E-state index in [4.69, 9.17) is 4.98 Å². The second kappa shape index (κ2) is 6.83. The topological polar surface area (TPSA) is 48.5 Å². The van der Waals surface area contributed by atoms with Crippen molar-refractivity contribution < 1.29 is 4.79 Å². The molecule has 2 fully saturated rings. The molecule has 0 spiro atoms. The van der Waals surface area contributed by atoms with E-state index in [-0.39, 0.29) is 6.03 Å². The fourth-order valence-electron chi connectivity index (χ4n) is 3.79. The normalized spacial score (nSPS) is 19.0. The molecule has 2 heterocycles. The highest BCUT2D eigenvalue weighted by Crippen LogP contribution is 2.32. The minimum Gasteiger partial charge on any atom is -0.345 e. The monoisotopic (exact) mass is 358 g/mol. The number of anilines is 1. The van der Waals surface area contributed by atoms with Crippen LogP contribution in [0, 0.1) is 13.8 Å². The predicted octanol–water partition coefficient (Wildman–Crippen LogP) is 3.69. The molecule has 25 heavy (non-hydrogen) atoms. The minimum absolute atomic E-state index is 0.113. The van der Waals surface area contributed by atoms with E-state index in [1.807, 2.05) is 4.90 Å². The summed E-state index contributed by atoms with van der Waals surface area (Å²) in [6, 6.07) is 4.85. The number of nitrogens with zero attached hydrogens (tertiary/aromatic N) is 3. The number of carbonyl (C=O) groups excluding carboxylic acids is 1. The lowest BCUT2D eigenvalue weighted by atomic mass is 10.1. The molecule has 0 unspecified atom stereocenters. The summed E-state index contributed by atoms with van der Waals surface area (Å²) in [4.78, 5) is 21.6. The fraction of sp³-hybridized carbons (Fsp3) is 0.579. The Morgan fingerprint density at radius 3 is 2.60 bits per heavy atom. The third-order valence-corrected chi connectivity index (χ3v) is 6.68. The molecule has 0 atom stereocenters. The van der Waals surface area contributed by atoms with E-state index in [2.05, 4.69) is 36.2 Å². The van der Waals surface area contributed by atoms with Crippen LogP contribution in [-0.4, -0.2) is 48.1 Å². The molecule has 6 heteroatoms. The van der Waals surface area contributed by atoms with Gasteiger partial charge in [0.05, 0.1) is 10.2 Å². The van der Waals surface area contributed by atoms with Crippen LogP contribution in [0.3, 0.4) is 0 Å². The Bertz CT molecular complexity index is 773. The van der Waals surface area contributed by atoms with Crippen LogP contribution in [0.25, 0.3) is 10.2 Å². The van der Waals surface area contributed by atoms with Gasteiger partial charge in [-0.2, -0.15) is 0 Å². The summed E-state index contributed by atoms with van der Waals surface area (Å²) >= 11 is 1.76. The maximum Gasteiger partial charge on any atom is 0.317 e. The predicted molar refractivity (Wildman–Crippen MR) is 104 cm³/mol. The van der Waals surface area contributed by atoms with Gasteiger partial charge in [0.1, 0.15) is 0 Å². The second-order valence-electron chi connectivity index (χ2n) is 7.26. The first-order valence-corrected chi connectivity index (χ1v) is 10.1. The number of benzene rings is 1. The molecule has 5 nitrogen and oxygen atoms in total. The van der Waals surface area contributed by atoms with Gasteiger partial charge < -0.3 is 15.1 Å². The highest BCUT2D eigenvalue weighted by atomic mass is 32.1. The van der Waals surface area contributed by atoms with Crippen LogP contribution < -0.4 is 10.2 Å².